The maximum Gasteiger partial charge on any atom is 0.271 e. The third-order valence-electron chi connectivity index (χ3n) is 4.02. The molecule has 148 valence electrons. The lowest BCUT2D eigenvalue weighted by molar-refractivity contribution is 0.0955. The minimum Gasteiger partial charge on any atom is -0.494 e. The zero-order valence-electron chi connectivity index (χ0n) is 16.0. The number of nitrogens with one attached hydrogen (secondary N) is 1. The number of hydrogen-bond donors (Lipinski definition) is 1. The topological polar surface area (TPSA) is 59.9 Å². The number of amides is 1. The van der Waals surface area contributed by atoms with E-state index in [1.807, 2.05) is 55.5 Å². The Labute approximate surface area is 174 Å². The SMILES string of the molecule is CCOc1ccc(C(=O)N/N=C\c2cccc(OCc3ccccc3Cl)c2)cc1. The second kappa shape index (κ2) is 10.3. The summed E-state index contributed by atoms with van der Waals surface area (Å²) in [5.41, 5.74) is 4.73. The standard InChI is InChI=1S/C23H21ClN2O3/c1-2-28-20-12-10-18(11-13-20)23(27)26-25-15-17-6-5-8-21(14-17)29-16-19-7-3-4-9-22(19)24/h3-15H,2,16H2,1H3,(H,26,27)/b25-15-. The van der Waals surface area contributed by atoms with E-state index in [1.165, 1.54) is 0 Å². The highest BCUT2D eigenvalue weighted by molar-refractivity contribution is 6.31. The summed E-state index contributed by atoms with van der Waals surface area (Å²) in [6, 6.07) is 21.9. The van der Waals surface area contributed by atoms with Crippen LogP contribution in [0.15, 0.2) is 77.9 Å². The molecule has 0 aliphatic rings. The molecule has 0 saturated heterocycles. The van der Waals surface area contributed by atoms with E-state index in [0.29, 0.717) is 29.5 Å². The maximum atomic E-state index is 12.2. The molecule has 0 aliphatic heterocycles. The van der Waals surface area contributed by atoms with Crippen LogP contribution in [0.4, 0.5) is 0 Å². The molecule has 29 heavy (non-hydrogen) atoms. The second-order valence-electron chi connectivity index (χ2n) is 6.11. The van der Waals surface area contributed by atoms with Gasteiger partial charge in [-0.2, -0.15) is 5.10 Å². The average Bonchev–Trinajstić information content (AvgIpc) is 2.74. The van der Waals surface area contributed by atoms with E-state index in [4.69, 9.17) is 21.1 Å². The van der Waals surface area contributed by atoms with Gasteiger partial charge < -0.3 is 9.47 Å². The predicted octanol–water partition coefficient (Wildman–Crippen LogP) is 5.08. The number of ether oxygens (including phenoxy) is 2. The lowest BCUT2D eigenvalue weighted by Gasteiger charge is -2.08. The molecule has 3 rings (SSSR count). The predicted molar refractivity (Wildman–Crippen MR) is 115 cm³/mol. The molecular formula is C23H21ClN2O3. The molecule has 5 nitrogen and oxygen atoms in total. The smallest absolute Gasteiger partial charge is 0.271 e. The van der Waals surface area contributed by atoms with Gasteiger partial charge in [0.15, 0.2) is 0 Å². The van der Waals surface area contributed by atoms with Crippen LogP contribution in [-0.2, 0) is 6.61 Å². The third kappa shape index (κ3) is 6.09. The Bertz CT molecular complexity index is 987. The zero-order valence-corrected chi connectivity index (χ0v) is 16.7. The van der Waals surface area contributed by atoms with Gasteiger partial charge in [-0.05, 0) is 55.0 Å². The lowest BCUT2D eigenvalue weighted by atomic mass is 10.2. The molecule has 0 fully saturated rings. The lowest BCUT2D eigenvalue weighted by Crippen LogP contribution is -2.17. The van der Waals surface area contributed by atoms with Crippen molar-refractivity contribution in [3.8, 4) is 11.5 Å². The van der Waals surface area contributed by atoms with Crippen LogP contribution in [0.5, 0.6) is 11.5 Å². The van der Waals surface area contributed by atoms with Gasteiger partial charge in [0, 0.05) is 16.1 Å². The first kappa shape index (κ1) is 20.4. The molecule has 0 heterocycles. The number of benzene rings is 3. The van der Waals surface area contributed by atoms with Crippen LogP contribution in [0.25, 0.3) is 0 Å². The highest BCUT2D eigenvalue weighted by Crippen LogP contribution is 2.19. The van der Waals surface area contributed by atoms with Gasteiger partial charge in [0.05, 0.1) is 12.8 Å². The molecular weight excluding hydrogens is 388 g/mol. The normalized spacial score (nSPS) is 10.7. The van der Waals surface area contributed by atoms with Crippen molar-refractivity contribution >= 4 is 23.7 Å². The Morgan fingerprint density at radius 3 is 2.55 bits per heavy atom. The zero-order chi connectivity index (χ0) is 20.5. The molecule has 0 aromatic heterocycles. The number of hydrogen-bond acceptors (Lipinski definition) is 4. The minimum absolute atomic E-state index is 0.296. The Morgan fingerprint density at radius 1 is 1.00 bits per heavy atom. The van der Waals surface area contributed by atoms with Crippen LogP contribution < -0.4 is 14.9 Å². The van der Waals surface area contributed by atoms with Crippen LogP contribution in [-0.4, -0.2) is 18.7 Å². The molecule has 0 atom stereocenters. The molecule has 0 spiro atoms. The summed E-state index contributed by atoms with van der Waals surface area (Å²) in [5, 5.41) is 4.69. The van der Waals surface area contributed by atoms with Crippen LogP contribution in [0.1, 0.15) is 28.4 Å². The molecule has 0 bridgehead atoms. The quantitative estimate of drug-likeness (QED) is 0.417. The van der Waals surface area contributed by atoms with E-state index in [-0.39, 0.29) is 5.91 Å². The second-order valence-corrected chi connectivity index (χ2v) is 6.52. The van der Waals surface area contributed by atoms with Crippen LogP contribution in [0.2, 0.25) is 5.02 Å². The van der Waals surface area contributed by atoms with Crippen LogP contribution >= 0.6 is 11.6 Å². The number of nitrogens with zero attached hydrogens (tertiary/aromatic N) is 1. The van der Waals surface area contributed by atoms with Crippen molar-refractivity contribution in [1.82, 2.24) is 5.43 Å². The molecule has 6 heteroatoms. The number of carbonyl (C=O) groups is 1. The van der Waals surface area contributed by atoms with E-state index in [9.17, 15) is 4.79 Å². The van der Waals surface area contributed by atoms with Crippen LogP contribution in [0, 0.1) is 0 Å². The molecule has 1 N–H and O–H groups in total. The van der Waals surface area contributed by atoms with Gasteiger partial charge in [-0.3, -0.25) is 4.79 Å². The van der Waals surface area contributed by atoms with Crippen molar-refractivity contribution in [3.63, 3.8) is 0 Å². The highest BCUT2D eigenvalue weighted by atomic mass is 35.5. The fourth-order valence-electron chi connectivity index (χ4n) is 2.56. The molecule has 3 aromatic carbocycles. The maximum absolute atomic E-state index is 12.2. The van der Waals surface area contributed by atoms with Crippen molar-refractivity contribution in [2.45, 2.75) is 13.5 Å². The number of hydrazone groups is 1. The molecule has 0 unspecified atom stereocenters. The Morgan fingerprint density at radius 2 is 1.79 bits per heavy atom. The number of rotatable bonds is 8. The summed E-state index contributed by atoms with van der Waals surface area (Å²) in [6.45, 7) is 2.86. The van der Waals surface area contributed by atoms with Crippen molar-refractivity contribution in [1.29, 1.82) is 0 Å². The largest absolute Gasteiger partial charge is 0.494 e. The fourth-order valence-corrected chi connectivity index (χ4v) is 2.75. The summed E-state index contributed by atoms with van der Waals surface area (Å²) in [5.74, 6) is 1.11. The Kier molecular flexibility index (Phi) is 7.25. The van der Waals surface area contributed by atoms with Gasteiger partial charge in [-0.1, -0.05) is 41.9 Å². The van der Waals surface area contributed by atoms with E-state index >= 15 is 0 Å². The van der Waals surface area contributed by atoms with Gasteiger partial charge in [0.2, 0.25) is 0 Å². The summed E-state index contributed by atoms with van der Waals surface area (Å²) < 4.78 is 11.2. The summed E-state index contributed by atoms with van der Waals surface area (Å²) in [7, 11) is 0. The van der Waals surface area contributed by atoms with Gasteiger partial charge >= 0.3 is 0 Å². The average molecular weight is 409 g/mol. The van der Waals surface area contributed by atoms with E-state index < -0.39 is 0 Å². The van der Waals surface area contributed by atoms with Gasteiger partial charge in [-0.15, -0.1) is 0 Å². The van der Waals surface area contributed by atoms with E-state index in [0.717, 1.165) is 16.9 Å². The third-order valence-corrected chi connectivity index (χ3v) is 4.39. The van der Waals surface area contributed by atoms with Gasteiger partial charge in [0.25, 0.3) is 5.91 Å². The molecule has 0 saturated carbocycles. The van der Waals surface area contributed by atoms with Crippen molar-refractivity contribution in [2.75, 3.05) is 6.61 Å². The summed E-state index contributed by atoms with van der Waals surface area (Å²) in [6.07, 6.45) is 1.56. The first-order valence-corrected chi connectivity index (χ1v) is 9.56. The summed E-state index contributed by atoms with van der Waals surface area (Å²) >= 11 is 6.15. The molecule has 1 amide bonds. The monoisotopic (exact) mass is 408 g/mol. The van der Waals surface area contributed by atoms with E-state index in [2.05, 4.69) is 10.5 Å². The highest BCUT2D eigenvalue weighted by Gasteiger charge is 2.04. The van der Waals surface area contributed by atoms with Crippen molar-refractivity contribution < 1.29 is 14.3 Å². The van der Waals surface area contributed by atoms with Crippen LogP contribution in [0.3, 0.4) is 0 Å². The first-order valence-electron chi connectivity index (χ1n) is 9.18. The first-order chi connectivity index (χ1) is 14.2. The van der Waals surface area contributed by atoms with Crippen molar-refractivity contribution in [2.24, 2.45) is 5.10 Å². The van der Waals surface area contributed by atoms with Crippen molar-refractivity contribution in [3.05, 3.63) is 94.5 Å². The molecule has 0 aliphatic carbocycles. The van der Waals surface area contributed by atoms with Gasteiger partial charge in [-0.25, -0.2) is 5.43 Å². The number of halogens is 1. The minimum atomic E-state index is -0.296. The Hall–Kier alpha value is -3.31. The molecule has 3 aromatic rings. The molecule has 0 radical (unpaired) electrons. The fraction of sp³-hybridized carbons (Fsp3) is 0.130. The Balaban J connectivity index is 1.56. The number of carbonyl (C=O) groups excluding carboxylic acids is 1. The van der Waals surface area contributed by atoms with E-state index in [1.54, 1.807) is 30.5 Å². The van der Waals surface area contributed by atoms with Gasteiger partial charge in [0.1, 0.15) is 18.1 Å². The summed E-state index contributed by atoms with van der Waals surface area (Å²) in [4.78, 5) is 12.2.